The highest BCUT2D eigenvalue weighted by Gasteiger charge is 2.54. The van der Waals surface area contributed by atoms with E-state index in [0.717, 1.165) is 16.2 Å². The number of nitrogens with zero attached hydrogens (tertiary/aromatic N) is 6. The Balaban J connectivity index is 1.41. The molecule has 0 bridgehead atoms. The number of anilines is 1. The number of carboxylic acids is 1. The van der Waals surface area contributed by atoms with E-state index in [2.05, 4.69) is 36.3 Å². The molecule has 4 heterocycles. The first-order chi connectivity index (χ1) is 21.8. The molecule has 21 heteroatoms. The Hall–Kier alpha value is -4.37. The number of thioether (sulfide) groups is 2. The van der Waals surface area contributed by atoms with Crippen LogP contribution in [0.25, 0.3) is 0 Å². The Labute approximate surface area is 274 Å². The van der Waals surface area contributed by atoms with Gasteiger partial charge in [-0.15, -0.1) is 33.3 Å². The second-order valence-electron chi connectivity index (χ2n) is 10.7. The number of ether oxygens (including phenoxy) is 1. The highest BCUT2D eigenvalue weighted by molar-refractivity contribution is 8.01. The summed E-state index contributed by atoms with van der Waals surface area (Å²) in [4.78, 5) is 72.1. The van der Waals surface area contributed by atoms with Crippen LogP contribution in [0.2, 0.25) is 0 Å². The van der Waals surface area contributed by atoms with Gasteiger partial charge in [0, 0.05) is 29.9 Å². The zero-order valence-electron chi connectivity index (χ0n) is 25.1. The number of fused-ring (bicyclic) bond motifs is 1. The number of thiazole rings is 1. The maximum Gasteiger partial charge on any atom is 0.407 e. The molecule has 46 heavy (non-hydrogen) atoms. The molecular formula is C25H32N10O8S3. The number of hydrogen-bond acceptors (Lipinski definition) is 15. The Morgan fingerprint density at radius 1 is 1.30 bits per heavy atom. The van der Waals surface area contributed by atoms with E-state index in [1.165, 1.54) is 33.6 Å². The van der Waals surface area contributed by atoms with Crippen LogP contribution < -0.4 is 21.8 Å². The number of amides is 4. The molecule has 1 unspecified atom stereocenters. The Morgan fingerprint density at radius 3 is 2.72 bits per heavy atom. The third-order valence-electron chi connectivity index (χ3n) is 6.13. The first-order valence-corrected chi connectivity index (χ1v) is 16.6. The lowest BCUT2D eigenvalue weighted by molar-refractivity contribution is -0.150. The molecule has 1 saturated heterocycles. The van der Waals surface area contributed by atoms with E-state index in [9.17, 15) is 29.1 Å². The molecule has 4 rings (SSSR count). The number of aryl methyl sites for hydroxylation is 1. The van der Waals surface area contributed by atoms with E-state index in [4.69, 9.17) is 15.4 Å². The van der Waals surface area contributed by atoms with Crippen LogP contribution in [0.5, 0.6) is 0 Å². The van der Waals surface area contributed by atoms with Crippen LogP contribution in [-0.4, -0.2) is 108 Å². The Kier molecular flexibility index (Phi) is 11.1. The number of nitrogens with two attached hydrogens (primary N) is 1. The van der Waals surface area contributed by atoms with Crippen LogP contribution in [0.15, 0.2) is 27.0 Å². The number of carboxylic acid groups (broad SMARTS) is 1. The fourth-order valence-electron chi connectivity index (χ4n) is 4.06. The molecule has 0 radical (unpaired) electrons. The Morgan fingerprint density at radius 2 is 2.07 bits per heavy atom. The topological polar surface area (TPSA) is 245 Å². The summed E-state index contributed by atoms with van der Waals surface area (Å²) in [6, 6.07) is -1.05. The predicted molar refractivity (Wildman–Crippen MR) is 168 cm³/mol. The van der Waals surface area contributed by atoms with Gasteiger partial charge in [0.15, 0.2) is 10.8 Å². The van der Waals surface area contributed by atoms with Gasteiger partial charge in [-0.25, -0.2) is 19.2 Å². The summed E-state index contributed by atoms with van der Waals surface area (Å²) in [7, 11) is 0. The monoisotopic (exact) mass is 696 g/mol. The van der Waals surface area contributed by atoms with Crippen molar-refractivity contribution in [3.63, 3.8) is 0 Å². The summed E-state index contributed by atoms with van der Waals surface area (Å²) >= 11 is 3.53. The van der Waals surface area contributed by atoms with Crippen molar-refractivity contribution < 1.29 is 38.7 Å². The number of aliphatic carboxylic acids is 1. The lowest BCUT2D eigenvalue weighted by Crippen LogP contribution is -2.71. The summed E-state index contributed by atoms with van der Waals surface area (Å²) < 4.78 is 6.45. The number of alkyl carbamates (subject to hydrolysis) is 1. The minimum absolute atomic E-state index is 0.0123. The second-order valence-corrected chi connectivity index (χ2v) is 13.6. The van der Waals surface area contributed by atoms with E-state index in [1.54, 1.807) is 27.7 Å². The van der Waals surface area contributed by atoms with Crippen molar-refractivity contribution in [2.75, 3.05) is 35.8 Å². The molecule has 2 aliphatic rings. The maximum absolute atomic E-state index is 13.4. The van der Waals surface area contributed by atoms with Gasteiger partial charge >= 0.3 is 12.1 Å². The van der Waals surface area contributed by atoms with E-state index in [-0.39, 0.29) is 46.9 Å². The van der Waals surface area contributed by atoms with Crippen molar-refractivity contribution in [1.29, 1.82) is 0 Å². The molecule has 0 spiro atoms. The van der Waals surface area contributed by atoms with Gasteiger partial charge in [0.25, 0.3) is 11.8 Å². The summed E-state index contributed by atoms with van der Waals surface area (Å²) in [5.74, 6) is 4.18. The number of rotatable bonds is 14. The molecule has 2 atom stereocenters. The van der Waals surface area contributed by atoms with Crippen molar-refractivity contribution in [3.05, 3.63) is 28.2 Å². The fourth-order valence-corrected chi connectivity index (χ4v) is 7.10. The molecule has 2 aromatic heterocycles. The lowest BCUT2D eigenvalue weighted by atomic mass is 10.0. The zero-order chi connectivity index (χ0) is 33.6. The third kappa shape index (κ3) is 8.26. The average molecular weight is 697 g/mol. The molecular weight excluding hydrogens is 665 g/mol. The normalized spacial score (nSPS) is 18.0. The van der Waals surface area contributed by atoms with Crippen molar-refractivity contribution in [1.82, 2.24) is 35.4 Å². The fraction of sp³-hybridized carbons (Fsp3) is 0.480. The van der Waals surface area contributed by atoms with Crippen molar-refractivity contribution in [3.8, 4) is 0 Å². The summed E-state index contributed by atoms with van der Waals surface area (Å²) in [5.41, 5.74) is -0.505. The maximum atomic E-state index is 13.4. The molecule has 4 amide bonds. The third-order valence-corrected chi connectivity index (χ3v) is 9.27. The molecule has 1 fully saturated rings. The molecule has 18 nitrogen and oxygen atoms in total. The van der Waals surface area contributed by atoms with E-state index >= 15 is 0 Å². The molecule has 0 aliphatic carbocycles. The number of oxime groups is 1. The van der Waals surface area contributed by atoms with Crippen molar-refractivity contribution in [2.45, 2.75) is 56.3 Å². The standard InChI is InChI=1S/C25H32N10O8S3/c1-12-31-32-23(35(12)26)46-9-13-8-44-20-16(19(38)34(20)17(13)21(39)40)30-18(37)15(14-10-45-22(29-14)28-11-36)33-42-7-5-6-27-24(41)43-25(2,3)4/h10-11,16,20H,5-9,26H2,1-4H3,(H,27,41)(H,30,37)(H,39,40)(H,28,29,36)/b33-15-/t16?,20-/m1/s1. The highest BCUT2D eigenvalue weighted by Crippen LogP contribution is 2.41. The average Bonchev–Trinajstić information content (AvgIpc) is 3.58. The number of aromatic nitrogens is 4. The van der Waals surface area contributed by atoms with Gasteiger partial charge in [0.05, 0.1) is 0 Å². The first kappa shape index (κ1) is 34.5. The van der Waals surface area contributed by atoms with Crippen LogP contribution >= 0.6 is 34.9 Å². The van der Waals surface area contributed by atoms with Gasteiger partial charge in [-0.3, -0.25) is 19.3 Å². The molecule has 0 aromatic carbocycles. The van der Waals surface area contributed by atoms with E-state index in [1.807, 2.05) is 0 Å². The zero-order valence-corrected chi connectivity index (χ0v) is 27.6. The van der Waals surface area contributed by atoms with Gasteiger partial charge in [0.1, 0.15) is 40.8 Å². The van der Waals surface area contributed by atoms with Gasteiger partial charge in [-0.05, 0) is 33.3 Å². The summed E-state index contributed by atoms with van der Waals surface area (Å²) in [6.45, 7) is 7.13. The number of hydrogen-bond donors (Lipinski definition) is 5. The van der Waals surface area contributed by atoms with Crippen LogP contribution in [0.4, 0.5) is 9.93 Å². The quantitative estimate of drug-likeness (QED) is 0.0343. The van der Waals surface area contributed by atoms with E-state index < -0.39 is 40.9 Å². The predicted octanol–water partition coefficient (Wildman–Crippen LogP) is 0.492. The number of nitrogens with one attached hydrogen (secondary N) is 3. The molecule has 2 aromatic rings. The number of carbonyl (C=O) groups excluding carboxylic acids is 4. The number of carbonyl (C=O) groups is 5. The van der Waals surface area contributed by atoms with Gasteiger partial charge in [-0.1, -0.05) is 16.9 Å². The lowest BCUT2D eigenvalue weighted by Gasteiger charge is -2.49. The molecule has 6 N–H and O–H groups in total. The van der Waals surface area contributed by atoms with Crippen LogP contribution in [0, 0.1) is 6.92 Å². The first-order valence-electron chi connectivity index (χ1n) is 13.6. The minimum atomic E-state index is -1.28. The second kappa shape index (κ2) is 14.8. The van der Waals surface area contributed by atoms with Gasteiger partial charge < -0.3 is 36.5 Å². The van der Waals surface area contributed by atoms with Gasteiger partial charge in [-0.2, -0.15) is 0 Å². The summed E-state index contributed by atoms with van der Waals surface area (Å²) in [6.07, 6.45) is 0.170. The van der Waals surface area contributed by atoms with Crippen molar-refractivity contribution >= 4 is 76.0 Å². The number of nitrogen functional groups attached to an aromatic ring is 1. The molecule has 248 valence electrons. The van der Waals surface area contributed by atoms with Gasteiger partial charge in [0.2, 0.25) is 11.6 Å². The highest BCUT2D eigenvalue weighted by atomic mass is 32.2. The van der Waals surface area contributed by atoms with E-state index in [0.29, 0.717) is 29.4 Å². The SMILES string of the molecule is Cc1nnc(SCC2=C(C(=O)O)N3C(=O)C(NC(=O)/C(=N\OCCCNC(=O)OC(C)(C)C)c4csc(NC=O)n4)[C@H]3SC2)n1N. The Bertz CT molecular complexity index is 1570. The van der Waals surface area contributed by atoms with Crippen LogP contribution in [-0.2, 0) is 28.8 Å². The van der Waals surface area contributed by atoms with Crippen LogP contribution in [0.3, 0.4) is 0 Å². The smallest absolute Gasteiger partial charge is 0.407 e. The number of β-lactam (4-membered cyclic amide) rings is 1. The minimum Gasteiger partial charge on any atom is -0.477 e. The largest absolute Gasteiger partial charge is 0.477 e. The van der Waals surface area contributed by atoms with Crippen molar-refractivity contribution in [2.24, 2.45) is 5.16 Å². The summed E-state index contributed by atoms with van der Waals surface area (Å²) in [5, 5.41) is 30.7. The molecule has 0 saturated carbocycles. The molecule has 2 aliphatic heterocycles. The van der Waals surface area contributed by atoms with Crippen LogP contribution in [0.1, 0.15) is 38.7 Å².